The van der Waals surface area contributed by atoms with Gasteiger partial charge in [-0.15, -0.1) is 0 Å². The molecule has 1 unspecified atom stereocenters. The molecule has 0 spiro atoms. The Hall–Kier alpha value is -1.62. The van der Waals surface area contributed by atoms with Crippen LogP contribution in [0.1, 0.15) is 26.3 Å². The number of aliphatic hydroxyl groups excluding tert-OH is 1. The van der Waals surface area contributed by atoms with Crippen molar-refractivity contribution in [2.75, 3.05) is 0 Å². The molecule has 17 heavy (non-hydrogen) atoms. The Kier molecular flexibility index (Phi) is 2.68. The monoisotopic (exact) mass is 237 g/mol. The maximum Gasteiger partial charge on any atom is 0.328 e. The molecule has 1 aromatic rings. The van der Waals surface area contributed by atoms with Crippen LogP contribution >= 0.6 is 0 Å². The van der Waals surface area contributed by atoms with Crippen LogP contribution in [0.25, 0.3) is 0 Å². The van der Waals surface area contributed by atoms with E-state index in [0.717, 1.165) is 0 Å². The van der Waals surface area contributed by atoms with E-state index in [1.165, 1.54) is 10.8 Å². The Bertz CT molecular complexity index is 575. The third kappa shape index (κ3) is 2.24. The van der Waals surface area contributed by atoms with Gasteiger partial charge in [0.25, 0.3) is 5.56 Å². The largest absolute Gasteiger partial charge is 0.392 e. The number of hydrogen-bond acceptors (Lipinski definition) is 3. The van der Waals surface area contributed by atoms with Crippen molar-refractivity contribution in [1.82, 2.24) is 9.55 Å². The maximum absolute atomic E-state index is 11.7. The second-order valence-electron chi connectivity index (χ2n) is 4.40. The highest BCUT2D eigenvalue weighted by Gasteiger charge is 2.23. The SMILES string of the molecule is [2H]CC1C=C[C@@H](n2cc(C)c(=O)[nH]c2=O)C[C@@H]1O. The minimum Gasteiger partial charge on any atom is -0.392 e. The molecule has 1 aliphatic carbocycles. The first-order chi connectivity index (χ1) is 8.52. The normalized spacial score (nSPS) is 29.1. The van der Waals surface area contributed by atoms with Crippen molar-refractivity contribution in [2.45, 2.75) is 32.4 Å². The van der Waals surface area contributed by atoms with E-state index in [1.54, 1.807) is 13.0 Å². The average molecular weight is 237 g/mol. The molecule has 2 N–H and O–H groups in total. The Labute approximate surface area is 99.8 Å². The first-order valence-corrected chi connectivity index (χ1v) is 5.50. The van der Waals surface area contributed by atoms with Crippen LogP contribution in [-0.2, 0) is 0 Å². The summed E-state index contributed by atoms with van der Waals surface area (Å²) >= 11 is 0. The lowest BCUT2D eigenvalue weighted by molar-refractivity contribution is 0.108. The van der Waals surface area contributed by atoms with Gasteiger partial charge in [0.1, 0.15) is 0 Å². The van der Waals surface area contributed by atoms with E-state index < -0.39 is 11.8 Å². The number of aromatic nitrogens is 2. The molecular weight excluding hydrogens is 220 g/mol. The van der Waals surface area contributed by atoms with Crippen molar-refractivity contribution >= 4 is 0 Å². The van der Waals surface area contributed by atoms with Crippen LogP contribution in [0.3, 0.4) is 0 Å². The highest BCUT2D eigenvalue weighted by molar-refractivity contribution is 5.08. The van der Waals surface area contributed by atoms with E-state index in [2.05, 4.69) is 4.98 Å². The van der Waals surface area contributed by atoms with Gasteiger partial charge in [0.2, 0.25) is 0 Å². The van der Waals surface area contributed by atoms with Gasteiger partial charge in [0.15, 0.2) is 0 Å². The first kappa shape index (κ1) is 10.5. The molecule has 0 radical (unpaired) electrons. The van der Waals surface area contributed by atoms with E-state index >= 15 is 0 Å². The van der Waals surface area contributed by atoms with Crippen molar-refractivity contribution < 1.29 is 6.48 Å². The van der Waals surface area contributed by atoms with E-state index in [1.807, 2.05) is 6.08 Å². The summed E-state index contributed by atoms with van der Waals surface area (Å²) in [6.45, 7) is 1.76. The summed E-state index contributed by atoms with van der Waals surface area (Å²) in [7, 11) is 0. The lowest BCUT2D eigenvalue weighted by Crippen LogP contribution is -2.35. The van der Waals surface area contributed by atoms with E-state index in [4.69, 9.17) is 1.37 Å². The molecule has 0 bridgehead atoms. The number of aromatic amines is 1. The predicted octanol–water partition coefficient (Wildman–Crippen LogP) is 0.343. The minimum atomic E-state index is -0.628. The summed E-state index contributed by atoms with van der Waals surface area (Å²) < 4.78 is 8.69. The molecular formula is C12H16N2O3. The summed E-state index contributed by atoms with van der Waals surface area (Å²) in [5.41, 5.74) is -0.405. The van der Waals surface area contributed by atoms with Crippen molar-refractivity contribution in [3.05, 3.63) is 44.8 Å². The van der Waals surface area contributed by atoms with Crippen molar-refractivity contribution in [3.8, 4) is 0 Å². The zero-order valence-electron chi connectivity index (χ0n) is 10.6. The predicted molar refractivity (Wildman–Crippen MR) is 64.0 cm³/mol. The summed E-state index contributed by atoms with van der Waals surface area (Å²) in [6.07, 6.45) is 4.83. The van der Waals surface area contributed by atoms with Crippen molar-refractivity contribution in [1.29, 1.82) is 0 Å². The van der Waals surface area contributed by atoms with Gasteiger partial charge in [-0.1, -0.05) is 19.1 Å². The Morgan fingerprint density at radius 2 is 2.29 bits per heavy atom. The summed E-state index contributed by atoms with van der Waals surface area (Å²) in [4.78, 5) is 25.2. The molecule has 5 nitrogen and oxygen atoms in total. The van der Waals surface area contributed by atoms with Gasteiger partial charge in [0, 0.05) is 19.0 Å². The summed E-state index contributed by atoms with van der Waals surface area (Å²) in [6, 6.07) is -0.272. The molecule has 0 fully saturated rings. The highest BCUT2D eigenvalue weighted by Crippen LogP contribution is 2.24. The number of aliphatic hydroxyl groups is 1. The molecule has 0 amide bonds. The van der Waals surface area contributed by atoms with Crippen LogP contribution in [-0.4, -0.2) is 20.8 Å². The Morgan fingerprint density at radius 1 is 1.53 bits per heavy atom. The number of allylic oxidation sites excluding steroid dienone is 1. The Balaban J connectivity index is 2.37. The molecule has 3 atom stereocenters. The van der Waals surface area contributed by atoms with Gasteiger partial charge in [-0.2, -0.15) is 0 Å². The lowest BCUT2D eigenvalue weighted by atomic mass is 9.91. The molecule has 2 rings (SSSR count). The minimum absolute atomic E-state index is 0.129. The summed E-state index contributed by atoms with van der Waals surface area (Å²) in [5, 5.41) is 9.86. The van der Waals surface area contributed by atoms with Gasteiger partial charge in [-0.3, -0.25) is 14.3 Å². The molecule has 1 aliphatic rings. The number of nitrogens with zero attached hydrogens (tertiary/aromatic N) is 1. The fourth-order valence-corrected chi connectivity index (χ4v) is 1.94. The van der Waals surface area contributed by atoms with Gasteiger partial charge in [0.05, 0.1) is 12.1 Å². The zero-order chi connectivity index (χ0) is 13.3. The van der Waals surface area contributed by atoms with Gasteiger partial charge in [-0.05, 0) is 13.3 Å². The second-order valence-corrected chi connectivity index (χ2v) is 4.40. The van der Waals surface area contributed by atoms with Crippen molar-refractivity contribution in [2.24, 2.45) is 5.92 Å². The van der Waals surface area contributed by atoms with Crippen LogP contribution in [0.4, 0.5) is 0 Å². The van der Waals surface area contributed by atoms with E-state index in [-0.39, 0.29) is 24.4 Å². The number of rotatable bonds is 1. The van der Waals surface area contributed by atoms with E-state index in [9.17, 15) is 14.7 Å². The molecule has 0 saturated heterocycles. The third-order valence-electron chi connectivity index (χ3n) is 3.06. The number of H-pyrrole nitrogens is 1. The zero-order valence-corrected chi connectivity index (χ0v) is 9.59. The van der Waals surface area contributed by atoms with Crippen molar-refractivity contribution in [3.63, 3.8) is 0 Å². The average Bonchev–Trinajstić information content (AvgIpc) is 2.33. The second kappa shape index (κ2) is 4.33. The van der Waals surface area contributed by atoms with E-state index in [0.29, 0.717) is 12.0 Å². The van der Waals surface area contributed by atoms with Crippen LogP contribution < -0.4 is 11.2 Å². The smallest absolute Gasteiger partial charge is 0.328 e. The Morgan fingerprint density at radius 3 is 2.94 bits per heavy atom. The molecule has 0 aromatic carbocycles. The third-order valence-corrected chi connectivity index (χ3v) is 3.06. The molecule has 5 heteroatoms. The number of hydrogen-bond donors (Lipinski definition) is 2. The molecule has 92 valence electrons. The quantitative estimate of drug-likeness (QED) is 0.692. The molecule has 1 aromatic heterocycles. The number of nitrogens with one attached hydrogen (secondary N) is 1. The van der Waals surface area contributed by atoms with Gasteiger partial charge >= 0.3 is 5.69 Å². The summed E-state index contributed by atoms with van der Waals surface area (Å²) in [5.74, 6) is -0.180. The molecule has 1 heterocycles. The van der Waals surface area contributed by atoms with Gasteiger partial charge < -0.3 is 5.11 Å². The molecule has 0 aliphatic heterocycles. The van der Waals surface area contributed by atoms with Gasteiger partial charge in [-0.25, -0.2) is 4.79 Å². The maximum atomic E-state index is 11.7. The fourth-order valence-electron chi connectivity index (χ4n) is 1.94. The molecule has 0 saturated carbocycles. The van der Waals surface area contributed by atoms with Crippen LogP contribution in [0.2, 0.25) is 0 Å². The first-order valence-electron chi connectivity index (χ1n) is 6.21. The van der Waals surface area contributed by atoms with Crippen LogP contribution in [0.15, 0.2) is 27.9 Å². The fraction of sp³-hybridized carbons (Fsp3) is 0.500. The number of aryl methyl sites for hydroxylation is 1. The topological polar surface area (TPSA) is 75.1 Å². The standard InChI is InChI=1S/C12H16N2O3/c1-7-3-4-9(5-10(7)15)14-6-8(2)11(16)13-12(14)17/h3-4,6-7,9-10,15H,5H2,1-2H3,(H,13,16,17)/t7?,9-,10+/m1/s1/i1D. The van der Waals surface area contributed by atoms with Crippen LogP contribution in [0.5, 0.6) is 0 Å². The van der Waals surface area contributed by atoms with Crippen LogP contribution in [0, 0.1) is 12.8 Å². The highest BCUT2D eigenvalue weighted by atomic mass is 16.3. The lowest BCUT2D eigenvalue weighted by Gasteiger charge is -2.27.